The standard InChI is InChI=1S/C22H34O4/c1-12-10-14-19-21(4)9-7-16(23)20(2,3)15(21)6-8-22(19,5)18(12)13(26-14)11-17(24)25/h10,13-16,18-19,23H,6-9,11H2,1-5H3,(H,24,25)/t13-,14+,15-,16-,18+,19+,21-,22+/m0/s1. The predicted octanol–water partition coefficient (Wildman–Crippen LogP) is 4.02. The molecule has 26 heavy (non-hydrogen) atoms. The van der Waals surface area contributed by atoms with Gasteiger partial charge >= 0.3 is 5.97 Å². The van der Waals surface area contributed by atoms with Crippen molar-refractivity contribution >= 4 is 5.97 Å². The van der Waals surface area contributed by atoms with Crippen LogP contribution in [0.1, 0.15) is 66.7 Å². The first kappa shape index (κ1) is 18.5. The summed E-state index contributed by atoms with van der Waals surface area (Å²) >= 11 is 0. The second-order valence-corrected chi connectivity index (χ2v) is 10.6. The molecule has 0 radical (unpaired) electrons. The minimum atomic E-state index is -0.766. The van der Waals surface area contributed by atoms with E-state index in [1.54, 1.807) is 0 Å². The van der Waals surface area contributed by atoms with Crippen molar-refractivity contribution in [1.82, 2.24) is 0 Å². The zero-order chi connectivity index (χ0) is 19.1. The van der Waals surface area contributed by atoms with Crippen LogP contribution in [-0.2, 0) is 9.53 Å². The number of fused-ring (bicyclic) bond motifs is 2. The van der Waals surface area contributed by atoms with Crippen LogP contribution in [0.2, 0.25) is 0 Å². The van der Waals surface area contributed by atoms with Crippen molar-refractivity contribution in [2.75, 3.05) is 0 Å². The molecule has 0 spiro atoms. The maximum atomic E-state index is 11.4. The van der Waals surface area contributed by atoms with E-state index >= 15 is 0 Å². The quantitative estimate of drug-likeness (QED) is 0.728. The maximum absolute atomic E-state index is 11.4. The van der Waals surface area contributed by atoms with Gasteiger partial charge in [0, 0.05) is 11.8 Å². The van der Waals surface area contributed by atoms with Gasteiger partial charge in [0.15, 0.2) is 0 Å². The van der Waals surface area contributed by atoms with Crippen molar-refractivity contribution in [1.29, 1.82) is 0 Å². The van der Waals surface area contributed by atoms with Crippen LogP contribution in [0, 0.1) is 34.0 Å². The fraction of sp³-hybridized carbons (Fsp3) is 0.864. The third-order valence-corrected chi connectivity index (χ3v) is 8.94. The van der Waals surface area contributed by atoms with Gasteiger partial charge in [0.25, 0.3) is 0 Å². The van der Waals surface area contributed by atoms with E-state index < -0.39 is 5.97 Å². The molecule has 3 fully saturated rings. The van der Waals surface area contributed by atoms with Gasteiger partial charge in [-0.25, -0.2) is 0 Å². The van der Waals surface area contributed by atoms with Crippen LogP contribution in [0.5, 0.6) is 0 Å². The summed E-state index contributed by atoms with van der Waals surface area (Å²) in [5.41, 5.74) is 1.46. The molecule has 5 aliphatic rings. The summed E-state index contributed by atoms with van der Waals surface area (Å²) in [5, 5.41) is 20.0. The Kier molecular flexibility index (Phi) is 3.96. The number of hydrogen-bond donors (Lipinski definition) is 2. The highest BCUT2D eigenvalue weighted by molar-refractivity contribution is 5.67. The van der Waals surface area contributed by atoms with E-state index in [1.165, 1.54) is 5.57 Å². The average molecular weight is 363 g/mol. The molecule has 2 aliphatic heterocycles. The van der Waals surface area contributed by atoms with E-state index in [2.05, 4.69) is 40.7 Å². The number of carbonyl (C=O) groups is 1. The summed E-state index contributed by atoms with van der Waals surface area (Å²) in [5.74, 6) is 0.310. The molecule has 0 aromatic carbocycles. The molecule has 146 valence electrons. The first-order chi connectivity index (χ1) is 12.0. The molecule has 2 saturated carbocycles. The second kappa shape index (κ2) is 5.57. The fourth-order valence-corrected chi connectivity index (χ4v) is 8.05. The minimum absolute atomic E-state index is 0.00759. The van der Waals surface area contributed by atoms with Crippen LogP contribution in [-0.4, -0.2) is 34.5 Å². The topological polar surface area (TPSA) is 66.8 Å². The molecule has 4 nitrogen and oxygen atoms in total. The molecule has 8 atom stereocenters. The van der Waals surface area contributed by atoms with Crippen LogP contribution in [0.3, 0.4) is 0 Å². The summed E-state index contributed by atoms with van der Waals surface area (Å²) in [6.45, 7) is 11.5. The van der Waals surface area contributed by atoms with Gasteiger partial charge in [-0.1, -0.05) is 39.3 Å². The molecule has 2 heterocycles. The maximum Gasteiger partial charge on any atom is 0.306 e. The smallest absolute Gasteiger partial charge is 0.306 e. The number of aliphatic hydroxyl groups excluding tert-OH is 1. The number of ether oxygens (including phenoxy) is 1. The van der Waals surface area contributed by atoms with Crippen LogP contribution in [0.4, 0.5) is 0 Å². The first-order valence-electron chi connectivity index (χ1n) is 10.3. The molecule has 0 amide bonds. The Balaban J connectivity index is 1.76. The van der Waals surface area contributed by atoms with E-state index in [4.69, 9.17) is 4.74 Å². The second-order valence-electron chi connectivity index (χ2n) is 10.6. The Morgan fingerprint density at radius 2 is 1.85 bits per heavy atom. The lowest BCUT2D eigenvalue weighted by Crippen LogP contribution is -2.68. The fourth-order valence-electron chi connectivity index (χ4n) is 8.05. The van der Waals surface area contributed by atoms with Crippen molar-refractivity contribution in [2.24, 2.45) is 34.0 Å². The van der Waals surface area contributed by atoms with Gasteiger partial charge in [-0.15, -0.1) is 0 Å². The molecule has 2 bridgehead atoms. The summed E-state index contributed by atoms with van der Waals surface area (Å²) in [6.07, 6.45) is 6.05. The minimum Gasteiger partial charge on any atom is -0.481 e. The molecule has 4 heteroatoms. The van der Waals surface area contributed by atoms with Crippen LogP contribution >= 0.6 is 0 Å². The third kappa shape index (κ3) is 2.24. The van der Waals surface area contributed by atoms with Crippen LogP contribution in [0.15, 0.2) is 11.6 Å². The summed E-state index contributed by atoms with van der Waals surface area (Å²) < 4.78 is 6.39. The highest BCUT2D eigenvalue weighted by atomic mass is 16.5. The Morgan fingerprint density at radius 3 is 2.50 bits per heavy atom. The monoisotopic (exact) mass is 362 g/mol. The molecular weight excluding hydrogens is 328 g/mol. The molecule has 0 unspecified atom stereocenters. The van der Waals surface area contributed by atoms with Crippen molar-refractivity contribution in [3.05, 3.63) is 11.6 Å². The zero-order valence-electron chi connectivity index (χ0n) is 16.8. The number of rotatable bonds is 2. The first-order valence-corrected chi connectivity index (χ1v) is 10.3. The van der Waals surface area contributed by atoms with Gasteiger partial charge in [-0.3, -0.25) is 4.79 Å². The molecule has 1 saturated heterocycles. The van der Waals surface area contributed by atoms with E-state index in [-0.39, 0.29) is 46.9 Å². The highest BCUT2D eigenvalue weighted by Crippen LogP contribution is 2.70. The van der Waals surface area contributed by atoms with E-state index in [0.717, 1.165) is 25.7 Å². The highest BCUT2D eigenvalue weighted by Gasteiger charge is 2.67. The van der Waals surface area contributed by atoms with E-state index in [9.17, 15) is 15.0 Å². The Morgan fingerprint density at radius 1 is 1.19 bits per heavy atom. The molecule has 0 aromatic rings. The summed E-state index contributed by atoms with van der Waals surface area (Å²) in [6, 6.07) is 0. The van der Waals surface area contributed by atoms with E-state index in [1.807, 2.05) is 0 Å². The third-order valence-electron chi connectivity index (χ3n) is 8.94. The number of aliphatic carboxylic acids is 1. The van der Waals surface area contributed by atoms with Crippen LogP contribution in [0.25, 0.3) is 0 Å². The van der Waals surface area contributed by atoms with Crippen molar-refractivity contribution in [2.45, 2.75) is 85.0 Å². The molecule has 2 N–H and O–H groups in total. The van der Waals surface area contributed by atoms with E-state index in [0.29, 0.717) is 11.8 Å². The van der Waals surface area contributed by atoms with Crippen molar-refractivity contribution in [3.8, 4) is 0 Å². The predicted molar refractivity (Wildman–Crippen MR) is 99.6 cm³/mol. The van der Waals surface area contributed by atoms with Gasteiger partial charge in [-0.05, 0) is 54.8 Å². The largest absolute Gasteiger partial charge is 0.481 e. The normalized spacial score (nSPS) is 52.0. The van der Waals surface area contributed by atoms with Gasteiger partial charge in [0.05, 0.1) is 24.7 Å². The van der Waals surface area contributed by atoms with Gasteiger partial charge in [0.1, 0.15) is 0 Å². The lowest BCUT2D eigenvalue weighted by molar-refractivity contribution is -0.260. The lowest BCUT2D eigenvalue weighted by Gasteiger charge is -2.70. The summed E-state index contributed by atoms with van der Waals surface area (Å²) in [4.78, 5) is 11.4. The van der Waals surface area contributed by atoms with Gasteiger partial charge in [-0.2, -0.15) is 0 Å². The molecule has 3 aliphatic carbocycles. The SMILES string of the molecule is CC1=C[C@H]2O[C@@H](CC(=O)O)[C@@H]1[C@@]1(C)CC[C@H]3C(C)(C)[C@@H](O)CC[C@]3(C)[C@@H]21. The number of hydrogen-bond acceptors (Lipinski definition) is 3. The average Bonchev–Trinajstić information content (AvgIpc) is 2.49. The van der Waals surface area contributed by atoms with Crippen LogP contribution < -0.4 is 0 Å². The summed E-state index contributed by atoms with van der Waals surface area (Å²) in [7, 11) is 0. The Bertz CT molecular complexity index is 653. The molecular formula is C22H34O4. The van der Waals surface area contributed by atoms with Crippen molar-refractivity contribution in [3.63, 3.8) is 0 Å². The lowest BCUT2D eigenvalue weighted by atomic mass is 9.38. The molecule has 5 rings (SSSR count). The number of aliphatic hydroxyl groups is 1. The molecule has 0 aromatic heterocycles. The Labute approximate surface area is 157 Å². The number of carboxylic acid groups (broad SMARTS) is 1. The zero-order valence-corrected chi connectivity index (χ0v) is 16.8. The van der Waals surface area contributed by atoms with Gasteiger partial charge < -0.3 is 14.9 Å². The Hall–Kier alpha value is -0.870. The van der Waals surface area contributed by atoms with Gasteiger partial charge in [0.2, 0.25) is 0 Å². The van der Waals surface area contributed by atoms with Crippen molar-refractivity contribution < 1.29 is 19.7 Å². The number of carboxylic acids is 1.